The molecule has 0 bridgehead atoms. The molecule has 6 heteroatoms. The van der Waals surface area contributed by atoms with Gasteiger partial charge in [-0.05, 0) is 41.6 Å². The summed E-state index contributed by atoms with van der Waals surface area (Å²) >= 11 is 2.02. The maximum absolute atomic E-state index is 11.3. The highest BCUT2D eigenvalue weighted by molar-refractivity contribution is 14.1. The Labute approximate surface area is 113 Å². The van der Waals surface area contributed by atoms with Crippen molar-refractivity contribution in [3.63, 3.8) is 0 Å². The number of carbonyl (C=O) groups is 1. The second kappa shape index (κ2) is 5.72. The maximum Gasteiger partial charge on any atom is 0.260 e. The van der Waals surface area contributed by atoms with Gasteiger partial charge in [0, 0.05) is 7.05 Å². The first-order valence-electron chi connectivity index (χ1n) is 4.87. The summed E-state index contributed by atoms with van der Waals surface area (Å²) in [6, 6.07) is 5.18. The summed E-state index contributed by atoms with van der Waals surface area (Å²) in [6.45, 7) is 1.63. The van der Waals surface area contributed by atoms with Crippen molar-refractivity contribution in [3.05, 3.63) is 21.3 Å². The fourth-order valence-corrected chi connectivity index (χ4v) is 2.01. The van der Waals surface area contributed by atoms with Gasteiger partial charge in [-0.2, -0.15) is 5.26 Å². The fraction of sp³-hybridized carbons (Fsp3) is 0.273. The number of likely N-dealkylation sites (N-methyl/N-ethyl adjacent to an activating group) is 1. The molecular weight excluding hydrogens is 333 g/mol. The quantitative estimate of drug-likeness (QED) is 0.638. The van der Waals surface area contributed by atoms with E-state index in [1.807, 2.05) is 28.7 Å². The molecule has 17 heavy (non-hydrogen) atoms. The fourth-order valence-electron chi connectivity index (χ4n) is 1.24. The average molecular weight is 345 g/mol. The van der Waals surface area contributed by atoms with E-state index in [9.17, 15) is 4.79 Å². The van der Waals surface area contributed by atoms with E-state index in [0.717, 1.165) is 0 Å². The van der Waals surface area contributed by atoms with Crippen molar-refractivity contribution < 1.29 is 9.53 Å². The molecule has 1 amide bonds. The SMILES string of the molecule is CNC(=O)C(C)Oc1c(N)cc(C#N)cc1I. The zero-order valence-electron chi connectivity index (χ0n) is 9.45. The number of carbonyl (C=O) groups excluding carboxylic acids is 1. The lowest BCUT2D eigenvalue weighted by Crippen LogP contribution is -2.34. The molecule has 0 aliphatic rings. The van der Waals surface area contributed by atoms with E-state index in [4.69, 9.17) is 15.7 Å². The summed E-state index contributed by atoms with van der Waals surface area (Å²) in [5.41, 5.74) is 6.59. The van der Waals surface area contributed by atoms with Gasteiger partial charge in [0.25, 0.3) is 5.91 Å². The molecule has 0 fully saturated rings. The third kappa shape index (κ3) is 3.23. The third-order valence-electron chi connectivity index (χ3n) is 2.11. The van der Waals surface area contributed by atoms with E-state index in [-0.39, 0.29) is 5.91 Å². The number of nitrogens with two attached hydrogens (primary N) is 1. The number of anilines is 1. The van der Waals surface area contributed by atoms with Crippen LogP contribution >= 0.6 is 22.6 Å². The van der Waals surface area contributed by atoms with Gasteiger partial charge in [-0.3, -0.25) is 4.79 Å². The Morgan fingerprint density at radius 1 is 1.65 bits per heavy atom. The van der Waals surface area contributed by atoms with Crippen LogP contribution in [-0.2, 0) is 4.79 Å². The van der Waals surface area contributed by atoms with Gasteiger partial charge in [-0.1, -0.05) is 0 Å². The minimum absolute atomic E-state index is 0.232. The highest BCUT2D eigenvalue weighted by Gasteiger charge is 2.16. The highest BCUT2D eigenvalue weighted by atomic mass is 127. The van der Waals surface area contributed by atoms with Crippen LogP contribution in [0.5, 0.6) is 5.75 Å². The minimum Gasteiger partial charge on any atom is -0.478 e. The zero-order chi connectivity index (χ0) is 13.0. The molecule has 1 unspecified atom stereocenters. The molecule has 0 saturated carbocycles. The molecule has 0 saturated heterocycles. The van der Waals surface area contributed by atoms with Crippen molar-refractivity contribution in [2.24, 2.45) is 0 Å². The molecule has 0 aromatic heterocycles. The smallest absolute Gasteiger partial charge is 0.260 e. The molecule has 0 radical (unpaired) electrons. The number of nitrogens with zero attached hydrogens (tertiary/aromatic N) is 1. The first-order valence-corrected chi connectivity index (χ1v) is 5.94. The number of ether oxygens (including phenoxy) is 1. The number of amides is 1. The van der Waals surface area contributed by atoms with Gasteiger partial charge in [-0.25, -0.2) is 0 Å². The van der Waals surface area contributed by atoms with Crippen molar-refractivity contribution in [2.45, 2.75) is 13.0 Å². The van der Waals surface area contributed by atoms with Crippen molar-refractivity contribution >= 4 is 34.2 Å². The predicted molar refractivity (Wildman–Crippen MR) is 72.4 cm³/mol. The molecule has 1 atom stereocenters. The molecule has 1 rings (SSSR count). The number of nitrogens with one attached hydrogen (secondary N) is 1. The lowest BCUT2D eigenvalue weighted by Gasteiger charge is -2.16. The second-order valence-electron chi connectivity index (χ2n) is 3.36. The predicted octanol–water partition coefficient (Wildman–Crippen LogP) is 1.26. The molecule has 0 heterocycles. The monoisotopic (exact) mass is 345 g/mol. The Balaban J connectivity index is 3.00. The van der Waals surface area contributed by atoms with E-state index < -0.39 is 6.10 Å². The van der Waals surface area contributed by atoms with Crippen LogP contribution in [0.1, 0.15) is 12.5 Å². The normalized spacial score (nSPS) is 11.4. The number of rotatable bonds is 3. The molecule has 1 aromatic carbocycles. The van der Waals surface area contributed by atoms with Crippen LogP contribution in [0.25, 0.3) is 0 Å². The minimum atomic E-state index is -0.635. The molecule has 90 valence electrons. The van der Waals surface area contributed by atoms with Crippen LogP contribution in [0.2, 0.25) is 0 Å². The van der Waals surface area contributed by atoms with Gasteiger partial charge in [0.15, 0.2) is 11.9 Å². The van der Waals surface area contributed by atoms with Gasteiger partial charge in [0.1, 0.15) is 0 Å². The van der Waals surface area contributed by atoms with Gasteiger partial charge in [0.05, 0.1) is 20.9 Å². The lowest BCUT2D eigenvalue weighted by atomic mass is 10.2. The van der Waals surface area contributed by atoms with E-state index in [2.05, 4.69) is 5.32 Å². The van der Waals surface area contributed by atoms with E-state index in [0.29, 0.717) is 20.6 Å². The topological polar surface area (TPSA) is 88.1 Å². The maximum atomic E-state index is 11.3. The van der Waals surface area contributed by atoms with Crippen LogP contribution in [0.3, 0.4) is 0 Å². The summed E-state index contributed by atoms with van der Waals surface area (Å²) in [5.74, 6) is 0.199. The van der Waals surface area contributed by atoms with Crippen molar-refractivity contribution in [3.8, 4) is 11.8 Å². The Hall–Kier alpha value is -1.49. The summed E-state index contributed by atoms with van der Waals surface area (Å²) in [7, 11) is 1.54. The Morgan fingerprint density at radius 3 is 2.76 bits per heavy atom. The van der Waals surface area contributed by atoms with Crippen LogP contribution in [0.15, 0.2) is 12.1 Å². The molecule has 0 aliphatic heterocycles. The average Bonchev–Trinajstić information content (AvgIpc) is 2.31. The van der Waals surface area contributed by atoms with Crippen molar-refractivity contribution in [1.29, 1.82) is 5.26 Å². The lowest BCUT2D eigenvalue weighted by molar-refractivity contribution is -0.126. The Bertz CT molecular complexity index is 459. The van der Waals surface area contributed by atoms with E-state index in [1.165, 1.54) is 13.1 Å². The summed E-state index contributed by atoms with van der Waals surface area (Å²) in [6.07, 6.45) is -0.635. The summed E-state index contributed by atoms with van der Waals surface area (Å²) in [5, 5.41) is 11.3. The third-order valence-corrected chi connectivity index (χ3v) is 2.91. The number of nitriles is 1. The van der Waals surface area contributed by atoms with Crippen molar-refractivity contribution in [1.82, 2.24) is 5.32 Å². The van der Waals surface area contributed by atoms with Gasteiger partial charge in [-0.15, -0.1) is 0 Å². The second-order valence-corrected chi connectivity index (χ2v) is 4.52. The summed E-state index contributed by atoms with van der Waals surface area (Å²) in [4.78, 5) is 11.3. The van der Waals surface area contributed by atoms with E-state index in [1.54, 1.807) is 13.0 Å². The molecular formula is C11H12IN3O2. The number of hydrogen-bond acceptors (Lipinski definition) is 4. The first kappa shape index (κ1) is 13.6. The van der Waals surface area contributed by atoms with Crippen molar-refractivity contribution in [2.75, 3.05) is 12.8 Å². The highest BCUT2D eigenvalue weighted by Crippen LogP contribution is 2.30. The van der Waals surface area contributed by atoms with Crippen LogP contribution in [0.4, 0.5) is 5.69 Å². The van der Waals surface area contributed by atoms with Gasteiger partial charge in [0.2, 0.25) is 0 Å². The zero-order valence-corrected chi connectivity index (χ0v) is 11.6. The molecule has 3 N–H and O–H groups in total. The molecule has 0 spiro atoms. The van der Waals surface area contributed by atoms with E-state index >= 15 is 0 Å². The standard InChI is InChI=1S/C11H12IN3O2/c1-6(11(16)15-2)17-10-8(12)3-7(5-13)4-9(10)14/h3-4,6H,14H2,1-2H3,(H,15,16). The number of hydrogen-bond donors (Lipinski definition) is 2. The van der Waals surface area contributed by atoms with Crippen LogP contribution < -0.4 is 15.8 Å². The van der Waals surface area contributed by atoms with Gasteiger partial charge >= 0.3 is 0 Å². The summed E-state index contributed by atoms with van der Waals surface area (Å²) < 4.78 is 6.18. The molecule has 5 nitrogen and oxygen atoms in total. The molecule has 1 aromatic rings. The van der Waals surface area contributed by atoms with Crippen LogP contribution in [0, 0.1) is 14.9 Å². The van der Waals surface area contributed by atoms with Crippen LogP contribution in [-0.4, -0.2) is 19.1 Å². The largest absolute Gasteiger partial charge is 0.478 e. The number of nitrogen functional groups attached to an aromatic ring is 1. The first-order chi connectivity index (χ1) is 7.99. The Morgan fingerprint density at radius 2 is 2.29 bits per heavy atom. The Kier molecular flexibility index (Phi) is 4.57. The number of benzene rings is 1. The molecule has 0 aliphatic carbocycles. The number of halogens is 1. The van der Waals surface area contributed by atoms with Gasteiger partial charge < -0.3 is 15.8 Å².